The Labute approximate surface area is 422 Å². The Bertz CT molecular complexity index is 1670. The molecular formula is C65H95NO3. The Hall–Kier alpha value is -4.57. The lowest BCUT2D eigenvalue weighted by atomic mass is 10.1. The van der Waals surface area contributed by atoms with Crippen LogP contribution in [-0.2, 0) is 0 Å². The van der Waals surface area contributed by atoms with Gasteiger partial charge >= 0.3 is 0 Å². The van der Waals surface area contributed by atoms with Gasteiger partial charge in [-0.25, -0.2) is 4.98 Å². The lowest BCUT2D eigenvalue weighted by Crippen LogP contribution is -1.97. The van der Waals surface area contributed by atoms with E-state index in [0.717, 1.165) is 90.0 Å². The van der Waals surface area contributed by atoms with E-state index >= 15 is 0 Å². The Morgan fingerprint density at radius 1 is 0.275 bits per heavy atom. The molecular weight excluding hydrogens is 843 g/mol. The van der Waals surface area contributed by atoms with Crippen molar-refractivity contribution in [2.24, 2.45) is 0 Å². The molecule has 4 heteroatoms. The first-order valence-electron chi connectivity index (χ1n) is 28.4. The van der Waals surface area contributed by atoms with E-state index in [1.165, 1.54) is 173 Å². The topological polar surface area (TPSA) is 40.6 Å². The van der Waals surface area contributed by atoms with E-state index in [1.807, 2.05) is 0 Å². The molecule has 0 saturated heterocycles. The third-order valence-electron chi connectivity index (χ3n) is 13.2. The molecule has 0 N–H and O–H groups in total. The molecule has 0 amide bonds. The van der Waals surface area contributed by atoms with Gasteiger partial charge in [-0.2, -0.15) is 0 Å². The van der Waals surface area contributed by atoms with Crippen molar-refractivity contribution in [3.63, 3.8) is 0 Å². The van der Waals surface area contributed by atoms with Gasteiger partial charge in [0.2, 0.25) is 0 Å². The van der Waals surface area contributed by atoms with Crippen LogP contribution < -0.4 is 14.2 Å². The summed E-state index contributed by atoms with van der Waals surface area (Å²) in [7, 11) is 0. The predicted molar refractivity (Wildman–Crippen MR) is 302 cm³/mol. The van der Waals surface area contributed by atoms with Gasteiger partial charge in [-0.3, -0.25) is 0 Å². The van der Waals surface area contributed by atoms with Crippen molar-refractivity contribution in [2.45, 2.75) is 213 Å². The van der Waals surface area contributed by atoms with Gasteiger partial charge in [0, 0.05) is 0 Å². The Morgan fingerprint density at radius 2 is 0.507 bits per heavy atom. The molecule has 0 aliphatic heterocycles. The Morgan fingerprint density at radius 3 is 0.783 bits per heavy atom. The van der Waals surface area contributed by atoms with Gasteiger partial charge in [-0.05, 0) is 102 Å². The molecule has 0 saturated carbocycles. The van der Waals surface area contributed by atoms with Crippen molar-refractivity contribution < 1.29 is 14.2 Å². The molecule has 3 aromatic carbocycles. The van der Waals surface area contributed by atoms with Crippen LogP contribution in [0.1, 0.15) is 247 Å². The van der Waals surface area contributed by atoms with Gasteiger partial charge < -0.3 is 14.2 Å². The molecule has 1 heterocycles. The summed E-state index contributed by atoms with van der Waals surface area (Å²) in [6.07, 6.45) is 52.8. The summed E-state index contributed by atoms with van der Waals surface area (Å²) in [5.74, 6) is 2.81. The number of rotatable bonds is 42. The second-order valence-electron chi connectivity index (χ2n) is 19.5. The molecule has 4 rings (SSSR count). The summed E-state index contributed by atoms with van der Waals surface area (Å²) < 4.78 is 18.3. The normalized spacial score (nSPS) is 11.7. The Balaban J connectivity index is 1.29. The molecule has 0 bridgehead atoms. The number of aromatic nitrogens is 1. The number of benzene rings is 3. The van der Waals surface area contributed by atoms with Crippen LogP contribution in [0.3, 0.4) is 0 Å². The highest BCUT2D eigenvalue weighted by molar-refractivity contribution is 5.76. The fourth-order valence-corrected chi connectivity index (χ4v) is 8.78. The van der Waals surface area contributed by atoms with Gasteiger partial charge in [0.05, 0.1) is 31.2 Å². The molecule has 4 aromatic rings. The summed E-state index contributed by atoms with van der Waals surface area (Å²) in [6.45, 7) is 9.19. The van der Waals surface area contributed by atoms with E-state index in [4.69, 9.17) is 19.2 Å². The fraction of sp³-hybridized carbons (Fsp3) is 0.554. The number of nitrogens with zero attached hydrogens (tertiary/aromatic N) is 1. The van der Waals surface area contributed by atoms with Crippen LogP contribution in [0, 0.1) is 0 Å². The number of hydrogen-bond donors (Lipinski definition) is 0. The molecule has 0 spiro atoms. The summed E-state index contributed by atoms with van der Waals surface area (Å²) in [4.78, 5) is 5.05. The van der Waals surface area contributed by atoms with Crippen molar-refractivity contribution in [1.29, 1.82) is 0 Å². The van der Waals surface area contributed by atoms with Crippen LogP contribution in [0.15, 0.2) is 84.9 Å². The monoisotopic (exact) mass is 938 g/mol. The second kappa shape index (κ2) is 39.2. The maximum Gasteiger partial charge on any atom is 0.119 e. The Kier molecular flexibility index (Phi) is 32.4. The minimum absolute atomic E-state index is 0.779. The summed E-state index contributed by atoms with van der Waals surface area (Å²) >= 11 is 0. The third-order valence-corrected chi connectivity index (χ3v) is 13.2. The van der Waals surface area contributed by atoms with E-state index in [-0.39, 0.29) is 0 Å². The van der Waals surface area contributed by atoms with Gasteiger partial charge in [-0.1, -0.05) is 255 Å². The van der Waals surface area contributed by atoms with Gasteiger partial charge in [0.15, 0.2) is 0 Å². The zero-order valence-electron chi connectivity index (χ0n) is 44.1. The first-order valence-corrected chi connectivity index (χ1v) is 28.4. The highest BCUT2D eigenvalue weighted by atomic mass is 16.5. The van der Waals surface area contributed by atoms with Crippen LogP contribution in [0.4, 0.5) is 0 Å². The van der Waals surface area contributed by atoms with Crippen molar-refractivity contribution >= 4 is 36.5 Å². The molecule has 69 heavy (non-hydrogen) atoms. The van der Waals surface area contributed by atoms with Crippen LogP contribution in [-0.4, -0.2) is 24.8 Å². The lowest BCUT2D eigenvalue weighted by molar-refractivity contribution is 0.304. The zero-order chi connectivity index (χ0) is 48.5. The van der Waals surface area contributed by atoms with Crippen molar-refractivity contribution in [3.05, 3.63) is 119 Å². The molecule has 0 unspecified atom stereocenters. The van der Waals surface area contributed by atoms with Crippen LogP contribution in [0.25, 0.3) is 36.5 Å². The number of hydrogen-bond acceptors (Lipinski definition) is 4. The van der Waals surface area contributed by atoms with E-state index in [1.54, 1.807) is 0 Å². The minimum atomic E-state index is 0.779. The smallest absolute Gasteiger partial charge is 0.119 e. The quantitative estimate of drug-likeness (QED) is 0.0415. The molecule has 0 aliphatic rings. The number of unbranched alkanes of at least 4 members (excludes halogenated alkanes) is 27. The molecule has 0 atom stereocenters. The predicted octanol–water partition coefficient (Wildman–Crippen LogP) is 20.5. The van der Waals surface area contributed by atoms with Crippen LogP contribution >= 0.6 is 0 Å². The highest BCUT2D eigenvalue weighted by Crippen LogP contribution is 2.22. The number of ether oxygens (including phenoxy) is 3. The summed E-state index contributed by atoms with van der Waals surface area (Å²) in [6, 6.07) is 29.6. The first-order chi connectivity index (χ1) is 34.1. The standard InChI is InChI=1S/C65H95NO3/c1-4-7-10-13-16-19-22-25-28-31-52-67-63-46-38-57(39-47-63)34-35-60-55-61(44-36-58-40-48-64(49-41-58)68-53-32-29-26-23-20-17-14-11-8-5-2)66-62(56-60)45-37-59-42-50-65(51-43-59)69-54-33-30-27-24-21-18-15-12-9-6-3/h34-51,55-56H,4-33,52-54H2,1-3H3/b35-34+,44-36+,45-37+. The van der Waals surface area contributed by atoms with E-state index in [0.29, 0.717) is 0 Å². The second-order valence-corrected chi connectivity index (χ2v) is 19.5. The van der Waals surface area contributed by atoms with Gasteiger partial charge in [0.25, 0.3) is 0 Å². The maximum atomic E-state index is 6.10. The molecule has 1 aromatic heterocycles. The van der Waals surface area contributed by atoms with Crippen LogP contribution in [0.2, 0.25) is 0 Å². The summed E-state index contributed by atoms with van der Waals surface area (Å²) in [5.41, 5.74) is 6.28. The molecule has 0 radical (unpaired) electrons. The van der Waals surface area contributed by atoms with E-state index in [2.05, 4.69) is 142 Å². The summed E-state index contributed by atoms with van der Waals surface area (Å²) in [5, 5.41) is 0. The number of pyridine rings is 1. The van der Waals surface area contributed by atoms with Gasteiger partial charge in [0.1, 0.15) is 17.2 Å². The minimum Gasteiger partial charge on any atom is -0.494 e. The molecule has 0 fully saturated rings. The largest absolute Gasteiger partial charge is 0.494 e. The van der Waals surface area contributed by atoms with Gasteiger partial charge in [-0.15, -0.1) is 0 Å². The van der Waals surface area contributed by atoms with Crippen molar-refractivity contribution in [2.75, 3.05) is 19.8 Å². The molecule has 378 valence electrons. The van der Waals surface area contributed by atoms with Crippen LogP contribution in [0.5, 0.6) is 17.2 Å². The van der Waals surface area contributed by atoms with E-state index in [9.17, 15) is 0 Å². The highest BCUT2D eigenvalue weighted by Gasteiger charge is 2.03. The lowest BCUT2D eigenvalue weighted by Gasteiger charge is -2.07. The van der Waals surface area contributed by atoms with Crippen molar-refractivity contribution in [1.82, 2.24) is 4.98 Å². The first kappa shape index (κ1) is 57.0. The molecule has 0 aliphatic carbocycles. The van der Waals surface area contributed by atoms with Crippen molar-refractivity contribution in [3.8, 4) is 17.2 Å². The molecule has 4 nitrogen and oxygen atoms in total. The maximum absolute atomic E-state index is 6.10. The average molecular weight is 938 g/mol. The average Bonchev–Trinajstić information content (AvgIpc) is 3.38. The SMILES string of the molecule is CCCCCCCCCCCCOc1ccc(/C=C/c2cc(/C=C/c3ccc(OCCCCCCCCCCCC)cc3)nc(/C=C/c3ccc(OCCCCCCCCCCCC)cc3)c2)cc1. The zero-order valence-corrected chi connectivity index (χ0v) is 44.1. The van der Waals surface area contributed by atoms with E-state index < -0.39 is 0 Å². The third kappa shape index (κ3) is 28.6. The fourth-order valence-electron chi connectivity index (χ4n) is 8.78.